The van der Waals surface area contributed by atoms with Gasteiger partial charge < -0.3 is 0 Å². The smallest absolute Gasteiger partial charge is 0.0976 e. The summed E-state index contributed by atoms with van der Waals surface area (Å²) in [7, 11) is -2.57. The van der Waals surface area contributed by atoms with Gasteiger partial charge in [-0.15, -0.1) is 0 Å². The maximum absolute atomic E-state index is 13.0. The van der Waals surface area contributed by atoms with E-state index < -0.39 is 31.5 Å². The van der Waals surface area contributed by atoms with Crippen molar-refractivity contribution in [3.8, 4) is 0 Å². The van der Waals surface area contributed by atoms with Gasteiger partial charge in [0.1, 0.15) is 0 Å². The molecule has 0 unspecified atom stereocenters. The predicted octanol–water partition coefficient (Wildman–Crippen LogP) is 4.57. The number of rotatable bonds is 7. The van der Waals surface area contributed by atoms with E-state index in [1.54, 1.807) is 0 Å². The molecule has 154 valence electrons. The zero-order chi connectivity index (χ0) is 20.9. The quantitative estimate of drug-likeness (QED) is 0.689. The maximum atomic E-state index is 13.0. The van der Waals surface area contributed by atoms with Gasteiger partial charge in [0.2, 0.25) is 0 Å². The minimum absolute atomic E-state index is 0.310. The Bertz CT molecular complexity index is 727. The molecule has 4 nitrogen and oxygen atoms in total. The third-order valence-corrected chi connectivity index (χ3v) is 7.39. The van der Waals surface area contributed by atoms with Gasteiger partial charge in [0, 0.05) is 0 Å². The van der Waals surface area contributed by atoms with E-state index in [-0.39, 0.29) is 12.1 Å². The van der Waals surface area contributed by atoms with Crippen LogP contribution in [0.5, 0.6) is 0 Å². The number of hydrogen-bond acceptors (Lipinski definition) is 2. The first-order valence-electron chi connectivity index (χ1n) is 9.46. The van der Waals surface area contributed by atoms with E-state index in [9.17, 15) is 8.42 Å². The average molecular weight is 421 g/mol. The zero-order valence-corrected chi connectivity index (χ0v) is 19.2. The molecule has 0 radical (unpaired) electrons. The Kier molecular flexibility index (Phi) is 7.73. The average Bonchev–Trinajstić information content (AvgIpc) is 2.64. The Morgan fingerprint density at radius 3 is 1.14 bits per heavy atom. The summed E-state index contributed by atoms with van der Waals surface area (Å²) in [4.78, 5) is 0. The highest BCUT2D eigenvalue weighted by Crippen LogP contribution is 2.32. The second-order valence-electron chi connectivity index (χ2n) is 8.77. The van der Waals surface area contributed by atoms with Crippen LogP contribution in [0.25, 0.3) is 0 Å². The molecule has 0 bridgehead atoms. The van der Waals surface area contributed by atoms with Crippen molar-refractivity contribution in [2.45, 2.75) is 63.1 Å². The van der Waals surface area contributed by atoms with Gasteiger partial charge >= 0.3 is 0 Å². The van der Waals surface area contributed by atoms with E-state index in [4.69, 9.17) is 0 Å². The molecule has 0 aliphatic carbocycles. The summed E-state index contributed by atoms with van der Waals surface area (Å²) in [6.07, 6.45) is 0. The molecule has 2 aromatic carbocycles. The zero-order valence-electron chi connectivity index (χ0n) is 17.6. The van der Waals surface area contributed by atoms with Gasteiger partial charge in [-0.3, -0.25) is 0 Å². The third kappa shape index (κ3) is 6.34. The summed E-state index contributed by atoms with van der Waals surface area (Å²) < 4.78 is 31.7. The molecule has 0 spiro atoms. The van der Waals surface area contributed by atoms with Crippen LogP contribution >= 0.6 is 0 Å². The van der Waals surface area contributed by atoms with E-state index in [0.29, 0.717) is 0 Å². The molecule has 0 saturated heterocycles. The Labute approximate surface area is 174 Å². The number of nitrogens with one attached hydrogen (secondary N) is 2. The second-order valence-corrected chi connectivity index (χ2v) is 12.8. The standard InChI is InChI=1S/C22H32N2O2S2/c1-21(2,3)27(25)23-19(17-13-9-7-10-14-17)20(18-15-11-8-12-16-18)24-28(26)22(4,5)6/h7-16,19-20,23-24H,1-6H3/t19-,20-,27-,28-/m1/s1. The fourth-order valence-corrected chi connectivity index (χ4v) is 4.27. The molecule has 0 heterocycles. The lowest BCUT2D eigenvalue weighted by molar-refractivity contribution is 0.485. The normalized spacial score (nSPS) is 16.9. The monoisotopic (exact) mass is 420 g/mol. The Morgan fingerprint density at radius 1 is 0.607 bits per heavy atom. The largest absolute Gasteiger partial charge is 0.242 e. The molecule has 0 aliphatic rings. The van der Waals surface area contributed by atoms with Crippen LogP contribution in [-0.2, 0) is 22.0 Å². The fraction of sp³-hybridized carbons (Fsp3) is 0.455. The summed E-state index contributed by atoms with van der Waals surface area (Å²) in [5, 5.41) is 0. The molecular weight excluding hydrogens is 388 g/mol. The lowest BCUT2D eigenvalue weighted by Gasteiger charge is -2.33. The molecule has 4 atom stereocenters. The van der Waals surface area contributed by atoms with E-state index in [1.165, 1.54) is 0 Å². The third-order valence-electron chi connectivity index (χ3n) is 4.23. The number of benzene rings is 2. The molecule has 2 aromatic rings. The van der Waals surface area contributed by atoms with Crippen molar-refractivity contribution in [1.82, 2.24) is 9.44 Å². The van der Waals surface area contributed by atoms with E-state index >= 15 is 0 Å². The van der Waals surface area contributed by atoms with Gasteiger partial charge in [0.15, 0.2) is 0 Å². The molecule has 0 fully saturated rings. The van der Waals surface area contributed by atoms with Crippen LogP contribution in [-0.4, -0.2) is 17.9 Å². The molecule has 0 aliphatic heterocycles. The molecule has 2 N–H and O–H groups in total. The first-order chi connectivity index (χ1) is 13.0. The van der Waals surface area contributed by atoms with E-state index in [1.807, 2.05) is 102 Å². The lowest BCUT2D eigenvalue weighted by Crippen LogP contribution is -2.44. The number of hydrogen-bond donors (Lipinski definition) is 2. The molecular formula is C22H32N2O2S2. The van der Waals surface area contributed by atoms with Gasteiger partial charge in [-0.2, -0.15) is 0 Å². The van der Waals surface area contributed by atoms with Crippen LogP contribution in [0.15, 0.2) is 60.7 Å². The van der Waals surface area contributed by atoms with Crippen molar-refractivity contribution in [3.63, 3.8) is 0 Å². The van der Waals surface area contributed by atoms with Gasteiger partial charge in [-0.25, -0.2) is 17.9 Å². The van der Waals surface area contributed by atoms with E-state index in [0.717, 1.165) is 11.1 Å². The summed E-state index contributed by atoms with van der Waals surface area (Å²) in [5.41, 5.74) is 1.99. The SMILES string of the molecule is CC(C)(C)[S@@](=O)N[C@H](c1ccccc1)[C@H](N[S@](=O)C(C)(C)C)c1ccccc1. The molecule has 0 aromatic heterocycles. The minimum atomic E-state index is -1.29. The van der Waals surface area contributed by atoms with E-state index in [2.05, 4.69) is 9.44 Å². The van der Waals surface area contributed by atoms with Crippen molar-refractivity contribution in [3.05, 3.63) is 71.8 Å². The van der Waals surface area contributed by atoms with Crippen molar-refractivity contribution in [2.24, 2.45) is 0 Å². The first-order valence-corrected chi connectivity index (χ1v) is 11.8. The topological polar surface area (TPSA) is 58.2 Å². The molecule has 28 heavy (non-hydrogen) atoms. The fourth-order valence-electron chi connectivity index (χ4n) is 2.56. The van der Waals surface area contributed by atoms with Crippen molar-refractivity contribution >= 4 is 22.0 Å². The molecule has 6 heteroatoms. The van der Waals surface area contributed by atoms with Crippen LogP contribution in [0.1, 0.15) is 64.8 Å². The molecule has 2 rings (SSSR count). The van der Waals surface area contributed by atoms with Gasteiger partial charge in [-0.1, -0.05) is 60.7 Å². The van der Waals surface area contributed by atoms with Gasteiger partial charge in [0.05, 0.1) is 43.5 Å². The van der Waals surface area contributed by atoms with Gasteiger partial charge in [-0.05, 0) is 52.7 Å². The molecule has 0 saturated carbocycles. The summed E-state index contributed by atoms with van der Waals surface area (Å²) in [6.45, 7) is 11.6. The Morgan fingerprint density at radius 2 is 0.893 bits per heavy atom. The maximum Gasteiger partial charge on any atom is 0.0976 e. The van der Waals surface area contributed by atoms with Crippen molar-refractivity contribution in [1.29, 1.82) is 0 Å². The van der Waals surface area contributed by atoms with Crippen molar-refractivity contribution in [2.75, 3.05) is 0 Å². The van der Waals surface area contributed by atoms with Crippen LogP contribution in [0.4, 0.5) is 0 Å². The summed E-state index contributed by atoms with van der Waals surface area (Å²) in [5.74, 6) is 0. The Balaban J connectivity index is 2.51. The second kappa shape index (κ2) is 9.44. The van der Waals surface area contributed by atoms with Crippen LogP contribution < -0.4 is 9.44 Å². The highest BCUT2D eigenvalue weighted by molar-refractivity contribution is 7.84. The highest BCUT2D eigenvalue weighted by atomic mass is 32.2. The predicted molar refractivity (Wildman–Crippen MR) is 120 cm³/mol. The van der Waals surface area contributed by atoms with Crippen molar-refractivity contribution < 1.29 is 8.42 Å². The highest BCUT2D eigenvalue weighted by Gasteiger charge is 2.33. The summed E-state index contributed by atoms with van der Waals surface area (Å²) >= 11 is 0. The van der Waals surface area contributed by atoms with Crippen LogP contribution in [0.3, 0.4) is 0 Å². The van der Waals surface area contributed by atoms with Crippen LogP contribution in [0.2, 0.25) is 0 Å². The first kappa shape index (κ1) is 22.9. The molecule has 0 amide bonds. The summed E-state index contributed by atoms with van der Waals surface area (Å²) in [6, 6.07) is 19.2. The minimum Gasteiger partial charge on any atom is -0.242 e. The lowest BCUT2D eigenvalue weighted by atomic mass is 9.95. The van der Waals surface area contributed by atoms with Gasteiger partial charge in [0.25, 0.3) is 0 Å². The van der Waals surface area contributed by atoms with Crippen LogP contribution in [0, 0.1) is 0 Å². The Hall–Kier alpha value is -1.34.